The number of quaternary nitrogens is 1. The van der Waals surface area contributed by atoms with E-state index in [0.717, 1.165) is 12.6 Å². The fraction of sp³-hybridized carbons (Fsp3) is 0.455. The third kappa shape index (κ3) is 3.92. The normalized spacial score (nSPS) is 12.8. The molecule has 2 heteroatoms. The Morgan fingerprint density at radius 1 is 1.46 bits per heavy atom. The second kappa shape index (κ2) is 5.40. The zero-order valence-electron chi connectivity index (χ0n) is 8.26. The molecule has 72 valence electrons. The van der Waals surface area contributed by atoms with Gasteiger partial charge in [-0.3, -0.25) is 0 Å². The summed E-state index contributed by atoms with van der Waals surface area (Å²) < 4.78 is 1.17. The molecule has 0 bridgehead atoms. The van der Waals surface area contributed by atoms with Crippen molar-refractivity contribution in [2.24, 2.45) is 0 Å². The Kier molecular flexibility index (Phi) is 4.46. The van der Waals surface area contributed by atoms with Crippen LogP contribution in [0.2, 0.25) is 0 Å². The summed E-state index contributed by atoms with van der Waals surface area (Å²) in [6.45, 7) is 5.56. The lowest BCUT2D eigenvalue weighted by molar-refractivity contribution is -0.701. The number of hydrogen-bond donors (Lipinski definition) is 1. The van der Waals surface area contributed by atoms with Crippen LogP contribution in [0.3, 0.4) is 0 Å². The van der Waals surface area contributed by atoms with E-state index in [1.807, 2.05) is 0 Å². The van der Waals surface area contributed by atoms with Crippen molar-refractivity contribution in [1.29, 1.82) is 0 Å². The first-order valence-electron chi connectivity index (χ1n) is 4.80. The summed E-state index contributed by atoms with van der Waals surface area (Å²) in [7, 11) is 0. The van der Waals surface area contributed by atoms with E-state index in [-0.39, 0.29) is 0 Å². The molecule has 0 unspecified atom stereocenters. The fourth-order valence-corrected chi connectivity index (χ4v) is 1.61. The molecule has 0 saturated heterocycles. The van der Waals surface area contributed by atoms with Gasteiger partial charge in [0.2, 0.25) is 0 Å². The minimum Gasteiger partial charge on any atom is -0.340 e. The molecule has 1 nitrogen and oxygen atoms in total. The smallest absolute Gasteiger partial charge is 0.101 e. The summed E-state index contributed by atoms with van der Waals surface area (Å²) in [4.78, 5) is 0. The number of rotatable bonds is 4. The monoisotopic (exact) mass is 242 g/mol. The standard InChI is InChI=1S/C11H16BrN/c1-3-9(2)13-8-10-5-4-6-11(12)7-10/h4-7,9,13H,3,8H2,1-2H3/p+1/t9-/m1/s1. The highest BCUT2D eigenvalue weighted by molar-refractivity contribution is 9.10. The second-order valence-electron chi connectivity index (χ2n) is 3.46. The van der Waals surface area contributed by atoms with E-state index < -0.39 is 0 Å². The Morgan fingerprint density at radius 2 is 2.23 bits per heavy atom. The number of nitrogens with two attached hydrogens (primary N) is 1. The van der Waals surface area contributed by atoms with Gasteiger partial charge in [0.15, 0.2) is 0 Å². The van der Waals surface area contributed by atoms with Crippen LogP contribution >= 0.6 is 15.9 Å². The van der Waals surface area contributed by atoms with Crippen molar-refractivity contribution < 1.29 is 5.32 Å². The van der Waals surface area contributed by atoms with E-state index in [0.29, 0.717) is 0 Å². The molecular weight excluding hydrogens is 226 g/mol. The lowest BCUT2D eigenvalue weighted by Crippen LogP contribution is -2.87. The highest BCUT2D eigenvalue weighted by Crippen LogP contribution is 2.10. The summed E-state index contributed by atoms with van der Waals surface area (Å²) in [6.07, 6.45) is 1.23. The number of benzene rings is 1. The molecule has 0 spiro atoms. The molecule has 0 radical (unpaired) electrons. The molecule has 1 rings (SSSR count). The van der Waals surface area contributed by atoms with Crippen LogP contribution in [-0.2, 0) is 6.54 Å². The van der Waals surface area contributed by atoms with Crippen LogP contribution in [-0.4, -0.2) is 6.04 Å². The van der Waals surface area contributed by atoms with Crippen LogP contribution in [0.4, 0.5) is 0 Å². The molecule has 0 heterocycles. The van der Waals surface area contributed by atoms with Crippen LogP contribution in [0.15, 0.2) is 28.7 Å². The van der Waals surface area contributed by atoms with Crippen LogP contribution in [0, 0.1) is 0 Å². The van der Waals surface area contributed by atoms with Crippen molar-refractivity contribution in [3.63, 3.8) is 0 Å². The van der Waals surface area contributed by atoms with Crippen molar-refractivity contribution in [2.75, 3.05) is 0 Å². The Hall–Kier alpha value is -0.340. The SMILES string of the molecule is CC[C@@H](C)[NH2+]Cc1cccc(Br)c1. The van der Waals surface area contributed by atoms with E-state index in [1.165, 1.54) is 16.5 Å². The van der Waals surface area contributed by atoms with Crippen LogP contribution in [0.5, 0.6) is 0 Å². The maximum absolute atomic E-state index is 3.47. The van der Waals surface area contributed by atoms with Crippen LogP contribution < -0.4 is 5.32 Å². The zero-order valence-corrected chi connectivity index (χ0v) is 9.84. The summed E-state index contributed by atoms with van der Waals surface area (Å²) in [5, 5.41) is 2.38. The number of hydrogen-bond acceptors (Lipinski definition) is 0. The molecule has 0 aliphatic rings. The Balaban J connectivity index is 2.45. The second-order valence-corrected chi connectivity index (χ2v) is 4.37. The first kappa shape index (κ1) is 10.7. The highest BCUT2D eigenvalue weighted by atomic mass is 79.9. The van der Waals surface area contributed by atoms with Gasteiger partial charge in [0.1, 0.15) is 6.54 Å². The largest absolute Gasteiger partial charge is 0.340 e. The predicted molar refractivity (Wildman–Crippen MR) is 59.5 cm³/mol. The van der Waals surface area contributed by atoms with Gasteiger partial charge in [-0.15, -0.1) is 0 Å². The first-order valence-corrected chi connectivity index (χ1v) is 5.59. The van der Waals surface area contributed by atoms with Crippen molar-refractivity contribution in [1.82, 2.24) is 0 Å². The van der Waals surface area contributed by atoms with Gasteiger partial charge in [-0.25, -0.2) is 0 Å². The average molecular weight is 243 g/mol. The van der Waals surface area contributed by atoms with E-state index in [4.69, 9.17) is 0 Å². The maximum Gasteiger partial charge on any atom is 0.101 e. The van der Waals surface area contributed by atoms with Gasteiger partial charge in [0, 0.05) is 10.0 Å². The molecule has 1 aromatic carbocycles. The molecule has 0 amide bonds. The summed E-state index contributed by atoms with van der Waals surface area (Å²) in [5.74, 6) is 0. The van der Waals surface area contributed by atoms with E-state index in [9.17, 15) is 0 Å². The molecule has 0 aromatic heterocycles. The van der Waals surface area contributed by atoms with Crippen molar-refractivity contribution in [2.45, 2.75) is 32.9 Å². The van der Waals surface area contributed by atoms with Gasteiger partial charge >= 0.3 is 0 Å². The first-order chi connectivity index (χ1) is 6.22. The lowest BCUT2D eigenvalue weighted by atomic mass is 10.2. The highest BCUT2D eigenvalue weighted by Gasteiger charge is 2.01. The van der Waals surface area contributed by atoms with Gasteiger partial charge in [0.05, 0.1) is 6.04 Å². The van der Waals surface area contributed by atoms with Crippen LogP contribution in [0.1, 0.15) is 25.8 Å². The number of halogens is 1. The third-order valence-electron chi connectivity index (χ3n) is 2.29. The molecule has 0 aliphatic heterocycles. The Morgan fingerprint density at radius 3 is 2.85 bits per heavy atom. The molecule has 0 aliphatic carbocycles. The van der Waals surface area contributed by atoms with Gasteiger partial charge in [-0.2, -0.15) is 0 Å². The predicted octanol–water partition coefficient (Wildman–Crippen LogP) is 2.31. The zero-order chi connectivity index (χ0) is 9.68. The summed E-state index contributed by atoms with van der Waals surface area (Å²) in [5.41, 5.74) is 1.38. The minimum absolute atomic E-state index is 0.721. The van der Waals surface area contributed by atoms with Gasteiger partial charge in [0.25, 0.3) is 0 Å². The minimum atomic E-state index is 0.721. The van der Waals surface area contributed by atoms with Gasteiger partial charge in [-0.1, -0.05) is 35.0 Å². The quantitative estimate of drug-likeness (QED) is 0.835. The molecule has 2 N–H and O–H groups in total. The fourth-order valence-electron chi connectivity index (χ4n) is 1.17. The summed E-state index contributed by atoms with van der Waals surface area (Å²) in [6, 6.07) is 9.22. The van der Waals surface area contributed by atoms with Gasteiger partial charge in [-0.05, 0) is 25.5 Å². The van der Waals surface area contributed by atoms with Crippen molar-refractivity contribution in [3.8, 4) is 0 Å². The molecule has 1 aromatic rings. The molecule has 0 fully saturated rings. The van der Waals surface area contributed by atoms with E-state index in [2.05, 4.69) is 59.4 Å². The maximum atomic E-state index is 3.47. The Bertz CT molecular complexity index is 260. The van der Waals surface area contributed by atoms with E-state index >= 15 is 0 Å². The molecule has 13 heavy (non-hydrogen) atoms. The van der Waals surface area contributed by atoms with E-state index in [1.54, 1.807) is 0 Å². The molecule has 0 saturated carbocycles. The van der Waals surface area contributed by atoms with Crippen LogP contribution in [0.25, 0.3) is 0 Å². The lowest BCUT2D eigenvalue weighted by Gasteiger charge is -2.07. The molecular formula is C11H17BrN+. The van der Waals surface area contributed by atoms with Crippen molar-refractivity contribution in [3.05, 3.63) is 34.3 Å². The molecule has 1 atom stereocenters. The third-order valence-corrected chi connectivity index (χ3v) is 2.78. The topological polar surface area (TPSA) is 16.6 Å². The summed E-state index contributed by atoms with van der Waals surface area (Å²) >= 11 is 3.47. The van der Waals surface area contributed by atoms with Gasteiger partial charge < -0.3 is 5.32 Å². The Labute approximate surface area is 88.7 Å². The average Bonchev–Trinajstić information content (AvgIpc) is 2.14. The van der Waals surface area contributed by atoms with Crippen molar-refractivity contribution >= 4 is 15.9 Å².